The van der Waals surface area contributed by atoms with Crippen LogP contribution in [0.15, 0.2) is 40.9 Å². The third-order valence-electron chi connectivity index (χ3n) is 3.24. The summed E-state index contributed by atoms with van der Waals surface area (Å²) in [7, 11) is 0. The Bertz CT molecular complexity index is 1030. The Labute approximate surface area is 174 Å². The van der Waals surface area contributed by atoms with Gasteiger partial charge in [0, 0.05) is 11.9 Å². The topological polar surface area (TPSA) is 79.8 Å². The Balaban J connectivity index is 1.54. The van der Waals surface area contributed by atoms with E-state index in [1.165, 1.54) is 12.1 Å². The van der Waals surface area contributed by atoms with Crippen LogP contribution in [0.2, 0.25) is 5.02 Å². The maximum atomic E-state index is 13.2. The third-order valence-corrected chi connectivity index (χ3v) is 5.50. The van der Waals surface area contributed by atoms with Gasteiger partial charge in [0.15, 0.2) is 10.2 Å². The molecule has 0 unspecified atom stereocenters. The molecule has 13 heteroatoms. The molecule has 0 saturated heterocycles. The Kier molecular flexibility index (Phi) is 6.55. The number of carbonyl (C=O) groups excluding carboxylic acids is 1. The van der Waals surface area contributed by atoms with Crippen LogP contribution in [0, 0.1) is 5.82 Å². The predicted molar refractivity (Wildman–Crippen MR) is 103 cm³/mol. The minimum Gasteiger partial charge on any atom is -0.330 e. The molecule has 0 spiro atoms. The highest BCUT2D eigenvalue weighted by atomic mass is 35.5. The first kappa shape index (κ1) is 21.3. The smallest absolute Gasteiger partial charge is 0.330 e. The van der Waals surface area contributed by atoms with Crippen molar-refractivity contribution in [2.45, 2.75) is 10.5 Å². The number of halogens is 5. The van der Waals surface area contributed by atoms with E-state index in [0.717, 1.165) is 23.1 Å². The Hall–Kier alpha value is -2.44. The molecule has 6 nitrogen and oxygen atoms in total. The number of thioether (sulfide) groups is 1. The molecule has 0 fully saturated rings. The molecule has 152 valence electrons. The van der Waals surface area contributed by atoms with Crippen molar-refractivity contribution in [3.8, 4) is 0 Å². The molecule has 1 aromatic carbocycles. The first-order valence-electron chi connectivity index (χ1n) is 7.72. The zero-order valence-corrected chi connectivity index (χ0v) is 16.5. The van der Waals surface area contributed by atoms with Gasteiger partial charge in [-0.05, 0) is 24.3 Å². The van der Waals surface area contributed by atoms with Crippen LogP contribution in [-0.2, 0) is 11.0 Å². The van der Waals surface area contributed by atoms with E-state index in [0.29, 0.717) is 27.4 Å². The van der Waals surface area contributed by atoms with Gasteiger partial charge in [0.1, 0.15) is 5.82 Å². The van der Waals surface area contributed by atoms with Crippen molar-refractivity contribution < 1.29 is 22.4 Å². The van der Waals surface area contributed by atoms with Crippen LogP contribution in [0.3, 0.4) is 0 Å². The molecule has 2 N–H and O–H groups in total. The van der Waals surface area contributed by atoms with Gasteiger partial charge in [0.25, 0.3) is 0 Å². The fraction of sp³-hybridized carbons (Fsp3) is 0.125. The molecule has 2 aromatic heterocycles. The van der Waals surface area contributed by atoms with Gasteiger partial charge in [0.2, 0.25) is 11.0 Å². The van der Waals surface area contributed by atoms with E-state index in [4.69, 9.17) is 11.6 Å². The van der Waals surface area contributed by atoms with E-state index >= 15 is 0 Å². The SMILES string of the molecule is O=C(CSc1nnc(Nc2cccc(F)c2)s1)Nc1ncc(C(F)(F)F)cc1Cl. The summed E-state index contributed by atoms with van der Waals surface area (Å²) in [5.74, 6) is -1.19. The number of nitrogens with zero attached hydrogens (tertiary/aromatic N) is 3. The van der Waals surface area contributed by atoms with E-state index in [1.54, 1.807) is 12.1 Å². The van der Waals surface area contributed by atoms with Crippen molar-refractivity contribution in [3.05, 3.63) is 52.9 Å². The fourth-order valence-electron chi connectivity index (χ4n) is 1.99. The van der Waals surface area contributed by atoms with Crippen molar-refractivity contribution in [1.29, 1.82) is 0 Å². The molecule has 3 rings (SSSR count). The van der Waals surface area contributed by atoms with Crippen LogP contribution >= 0.6 is 34.7 Å². The molecule has 29 heavy (non-hydrogen) atoms. The van der Waals surface area contributed by atoms with Crippen molar-refractivity contribution >= 4 is 57.2 Å². The minimum absolute atomic E-state index is 0.0897. The average Bonchev–Trinajstić information content (AvgIpc) is 3.08. The molecule has 3 aromatic rings. The van der Waals surface area contributed by atoms with Gasteiger partial charge in [-0.15, -0.1) is 10.2 Å². The molecule has 0 radical (unpaired) electrons. The van der Waals surface area contributed by atoms with E-state index < -0.39 is 23.5 Å². The molecular formula is C16H10ClF4N5OS2. The number of hydrogen-bond donors (Lipinski definition) is 2. The highest BCUT2D eigenvalue weighted by molar-refractivity contribution is 8.01. The van der Waals surface area contributed by atoms with Gasteiger partial charge < -0.3 is 10.6 Å². The Morgan fingerprint density at radius 3 is 2.72 bits per heavy atom. The summed E-state index contributed by atoms with van der Waals surface area (Å²) in [6, 6.07) is 6.49. The maximum Gasteiger partial charge on any atom is 0.417 e. The third kappa shape index (κ3) is 6.02. The summed E-state index contributed by atoms with van der Waals surface area (Å²) in [4.78, 5) is 15.5. The molecule has 0 bridgehead atoms. The number of rotatable bonds is 6. The van der Waals surface area contributed by atoms with Gasteiger partial charge in [-0.1, -0.05) is 40.8 Å². The molecule has 1 amide bonds. The van der Waals surface area contributed by atoms with Crippen LogP contribution in [-0.4, -0.2) is 26.8 Å². The van der Waals surface area contributed by atoms with Gasteiger partial charge in [-0.25, -0.2) is 9.37 Å². The summed E-state index contributed by atoms with van der Waals surface area (Å²) in [5.41, 5.74) is -0.513. The predicted octanol–water partition coefficient (Wildman–Crippen LogP) is 5.22. The molecule has 0 atom stereocenters. The molecule has 0 aliphatic carbocycles. The molecule has 0 saturated carbocycles. The van der Waals surface area contributed by atoms with E-state index in [9.17, 15) is 22.4 Å². The fourth-order valence-corrected chi connectivity index (χ4v) is 3.77. The lowest BCUT2D eigenvalue weighted by atomic mass is 10.3. The lowest BCUT2D eigenvalue weighted by Crippen LogP contribution is -2.16. The first-order valence-corrected chi connectivity index (χ1v) is 9.90. The van der Waals surface area contributed by atoms with E-state index in [1.807, 2.05) is 0 Å². The van der Waals surface area contributed by atoms with Crippen molar-refractivity contribution in [2.24, 2.45) is 0 Å². The van der Waals surface area contributed by atoms with Gasteiger partial charge in [-0.3, -0.25) is 4.79 Å². The highest BCUT2D eigenvalue weighted by Gasteiger charge is 2.31. The van der Waals surface area contributed by atoms with E-state index in [-0.39, 0.29) is 16.6 Å². The second-order valence-corrected chi connectivity index (χ2v) is 8.00. The molecule has 2 heterocycles. The summed E-state index contributed by atoms with van der Waals surface area (Å²) in [6.45, 7) is 0. The lowest BCUT2D eigenvalue weighted by Gasteiger charge is -2.09. The number of alkyl halides is 3. The van der Waals surface area contributed by atoms with Crippen molar-refractivity contribution in [2.75, 3.05) is 16.4 Å². The number of nitrogens with one attached hydrogen (secondary N) is 2. The zero-order valence-electron chi connectivity index (χ0n) is 14.1. The number of amides is 1. The summed E-state index contributed by atoms with van der Waals surface area (Å²) >= 11 is 7.96. The highest BCUT2D eigenvalue weighted by Crippen LogP contribution is 2.32. The number of hydrogen-bond acceptors (Lipinski definition) is 7. The summed E-state index contributed by atoms with van der Waals surface area (Å²) in [5, 5.41) is 13.1. The summed E-state index contributed by atoms with van der Waals surface area (Å²) < 4.78 is 51.5. The molecular weight excluding hydrogens is 454 g/mol. The summed E-state index contributed by atoms with van der Waals surface area (Å²) in [6.07, 6.45) is -3.99. The van der Waals surface area contributed by atoms with Crippen LogP contribution in [0.1, 0.15) is 5.56 Å². The number of anilines is 3. The second-order valence-electron chi connectivity index (χ2n) is 5.40. The Morgan fingerprint density at radius 2 is 2.03 bits per heavy atom. The number of aromatic nitrogens is 3. The van der Waals surface area contributed by atoms with Crippen LogP contribution in [0.4, 0.5) is 34.2 Å². The normalized spacial score (nSPS) is 11.3. The molecule has 0 aliphatic heterocycles. The Morgan fingerprint density at radius 1 is 1.24 bits per heavy atom. The lowest BCUT2D eigenvalue weighted by molar-refractivity contribution is -0.137. The average molecular weight is 464 g/mol. The zero-order chi connectivity index (χ0) is 21.0. The second kappa shape index (κ2) is 8.93. The van der Waals surface area contributed by atoms with Crippen LogP contribution < -0.4 is 10.6 Å². The van der Waals surface area contributed by atoms with Crippen molar-refractivity contribution in [1.82, 2.24) is 15.2 Å². The van der Waals surface area contributed by atoms with Gasteiger partial charge in [-0.2, -0.15) is 13.2 Å². The standard InChI is InChI=1S/C16H10ClF4N5OS2/c17-11-4-8(16(19,20)21)6-22-13(11)24-12(27)7-28-15-26-25-14(29-15)23-10-3-1-2-9(18)5-10/h1-6H,7H2,(H,23,25)(H,22,24,27). The van der Waals surface area contributed by atoms with E-state index in [2.05, 4.69) is 25.8 Å². The first-order chi connectivity index (χ1) is 13.7. The maximum absolute atomic E-state index is 13.2. The van der Waals surface area contributed by atoms with Gasteiger partial charge in [0.05, 0.1) is 16.3 Å². The number of benzene rings is 1. The molecule has 0 aliphatic rings. The van der Waals surface area contributed by atoms with Crippen LogP contribution in [0.25, 0.3) is 0 Å². The van der Waals surface area contributed by atoms with Crippen molar-refractivity contribution in [3.63, 3.8) is 0 Å². The quantitative estimate of drug-likeness (QED) is 0.385. The largest absolute Gasteiger partial charge is 0.417 e. The number of pyridine rings is 1. The number of carbonyl (C=O) groups is 1. The minimum atomic E-state index is -4.58. The monoisotopic (exact) mass is 463 g/mol. The van der Waals surface area contributed by atoms with Gasteiger partial charge >= 0.3 is 6.18 Å². The van der Waals surface area contributed by atoms with Crippen LogP contribution in [0.5, 0.6) is 0 Å².